The Morgan fingerprint density at radius 3 is 2.60 bits per heavy atom. The number of benzene rings is 1. The van der Waals surface area contributed by atoms with Gasteiger partial charge in [0, 0.05) is 11.8 Å². The molecule has 2 aromatic rings. The lowest BCUT2D eigenvalue weighted by molar-refractivity contribution is 0.104. The van der Waals surface area contributed by atoms with Gasteiger partial charge in [-0.25, -0.2) is 4.98 Å². The summed E-state index contributed by atoms with van der Waals surface area (Å²) in [4.78, 5) is 15.8. The third-order valence-electron chi connectivity index (χ3n) is 2.70. The first-order valence-electron chi connectivity index (χ1n) is 6.22. The van der Waals surface area contributed by atoms with Crippen molar-refractivity contribution in [1.82, 2.24) is 4.98 Å². The van der Waals surface area contributed by atoms with Crippen molar-refractivity contribution in [2.45, 2.75) is 6.92 Å². The van der Waals surface area contributed by atoms with Crippen LogP contribution < -0.4 is 0 Å². The average Bonchev–Trinajstić information content (AvgIpc) is 2.46. The maximum Gasteiger partial charge on any atom is 0.186 e. The second kappa shape index (κ2) is 6.83. The Bertz CT molecular complexity index is 660. The van der Waals surface area contributed by atoms with Gasteiger partial charge >= 0.3 is 0 Å². The number of carbonyl (C=O) groups excluding carboxylic acids is 1. The Hall–Kier alpha value is -2.19. The van der Waals surface area contributed by atoms with Crippen molar-refractivity contribution in [2.75, 3.05) is 0 Å². The number of rotatable bonds is 4. The van der Waals surface area contributed by atoms with Crippen molar-refractivity contribution >= 4 is 23.5 Å². The van der Waals surface area contributed by atoms with Crippen molar-refractivity contribution in [3.63, 3.8) is 0 Å². The highest BCUT2D eigenvalue weighted by atomic mass is 35.5. The minimum Gasteiger partial charge on any atom is -0.289 e. The molecule has 1 aromatic carbocycles. The van der Waals surface area contributed by atoms with E-state index in [1.54, 1.807) is 24.3 Å². The molecule has 0 bridgehead atoms. The highest BCUT2D eigenvalue weighted by molar-refractivity contribution is 6.29. The molecule has 0 radical (unpaired) electrons. The van der Waals surface area contributed by atoms with Crippen LogP contribution in [0.5, 0.6) is 0 Å². The molecule has 20 heavy (non-hydrogen) atoms. The molecule has 2 nitrogen and oxygen atoms in total. The number of ketones is 1. The van der Waals surface area contributed by atoms with E-state index < -0.39 is 0 Å². The Morgan fingerprint density at radius 2 is 1.90 bits per heavy atom. The number of allylic oxidation sites excluding steroid dienone is 3. The SMILES string of the molecule is CC(=C/c1ccccc1)/C=C/C(=O)c1ccnc(Cl)c1. The summed E-state index contributed by atoms with van der Waals surface area (Å²) in [6.07, 6.45) is 6.88. The zero-order chi connectivity index (χ0) is 14.4. The first kappa shape index (κ1) is 14.2. The molecule has 0 aliphatic rings. The smallest absolute Gasteiger partial charge is 0.186 e. The third-order valence-corrected chi connectivity index (χ3v) is 2.91. The summed E-state index contributed by atoms with van der Waals surface area (Å²) in [5.41, 5.74) is 2.65. The van der Waals surface area contributed by atoms with Crippen LogP contribution in [0.2, 0.25) is 5.15 Å². The summed E-state index contributed by atoms with van der Waals surface area (Å²) in [5, 5.41) is 0.320. The number of hydrogen-bond acceptors (Lipinski definition) is 2. The number of nitrogens with zero attached hydrogens (tertiary/aromatic N) is 1. The highest BCUT2D eigenvalue weighted by Gasteiger charge is 2.02. The summed E-state index contributed by atoms with van der Waals surface area (Å²) in [6.45, 7) is 1.95. The van der Waals surface area contributed by atoms with Crippen LogP contribution in [-0.2, 0) is 0 Å². The first-order valence-corrected chi connectivity index (χ1v) is 6.60. The summed E-state index contributed by atoms with van der Waals surface area (Å²) < 4.78 is 0. The van der Waals surface area contributed by atoms with Crippen LogP contribution in [-0.4, -0.2) is 10.8 Å². The fourth-order valence-corrected chi connectivity index (χ4v) is 1.89. The molecule has 1 aromatic heterocycles. The number of aromatic nitrogens is 1. The van der Waals surface area contributed by atoms with Crippen LogP contribution in [0.25, 0.3) is 6.08 Å². The van der Waals surface area contributed by atoms with Gasteiger partial charge in [0.15, 0.2) is 5.78 Å². The predicted molar refractivity (Wildman–Crippen MR) is 82.8 cm³/mol. The number of pyridine rings is 1. The van der Waals surface area contributed by atoms with E-state index >= 15 is 0 Å². The maximum atomic E-state index is 12.0. The third kappa shape index (κ3) is 4.18. The Morgan fingerprint density at radius 1 is 1.15 bits per heavy atom. The molecule has 0 unspecified atom stereocenters. The van der Waals surface area contributed by atoms with Crippen LogP contribution in [0.4, 0.5) is 0 Å². The van der Waals surface area contributed by atoms with Crippen molar-refractivity contribution in [3.05, 3.63) is 82.7 Å². The van der Waals surface area contributed by atoms with Gasteiger partial charge in [-0.2, -0.15) is 0 Å². The van der Waals surface area contributed by atoms with Crippen LogP contribution >= 0.6 is 11.6 Å². The van der Waals surface area contributed by atoms with Gasteiger partial charge in [0.05, 0.1) is 0 Å². The standard InChI is InChI=1S/C17H14ClNO/c1-13(11-14-5-3-2-4-6-14)7-8-16(20)15-9-10-19-17(18)12-15/h2-12H,1H3/b8-7+,13-11-. The summed E-state index contributed by atoms with van der Waals surface area (Å²) >= 11 is 5.76. The van der Waals surface area contributed by atoms with Gasteiger partial charge in [-0.1, -0.05) is 59.7 Å². The maximum absolute atomic E-state index is 12.0. The number of carbonyl (C=O) groups is 1. The van der Waals surface area contributed by atoms with E-state index in [2.05, 4.69) is 4.98 Å². The van der Waals surface area contributed by atoms with Gasteiger partial charge in [0.25, 0.3) is 0 Å². The molecule has 0 aliphatic heterocycles. The van der Waals surface area contributed by atoms with E-state index in [9.17, 15) is 4.79 Å². The lowest BCUT2D eigenvalue weighted by Crippen LogP contribution is -1.94. The van der Waals surface area contributed by atoms with Gasteiger partial charge in [0.1, 0.15) is 5.15 Å². The molecule has 0 aliphatic carbocycles. The van der Waals surface area contributed by atoms with Crippen LogP contribution in [0.3, 0.4) is 0 Å². The van der Waals surface area contributed by atoms with Crippen LogP contribution in [0, 0.1) is 0 Å². The van der Waals surface area contributed by atoms with Crippen molar-refractivity contribution in [2.24, 2.45) is 0 Å². The summed E-state index contributed by atoms with van der Waals surface area (Å²) in [5.74, 6) is -0.0879. The van der Waals surface area contributed by atoms with Crippen LogP contribution in [0.1, 0.15) is 22.8 Å². The minimum absolute atomic E-state index is 0.0879. The molecule has 0 saturated carbocycles. The molecule has 3 heteroatoms. The van der Waals surface area contributed by atoms with Gasteiger partial charge in [-0.05, 0) is 30.7 Å². The second-order valence-corrected chi connectivity index (χ2v) is 4.75. The van der Waals surface area contributed by atoms with E-state index in [-0.39, 0.29) is 5.78 Å². The lowest BCUT2D eigenvalue weighted by atomic mass is 10.1. The topological polar surface area (TPSA) is 30.0 Å². The molecule has 0 saturated heterocycles. The molecular formula is C17H14ClNO. The Labute approximate surface area is 123 Å². The van der Waals surface area contributed by atoms with E-state index in [0.29, 0.717) is 10.7 Å². The molecule has 0 fully saturated rings. The minimum atomic E-state index is -0.0879. The molecule has 1 heterocycles. The van der Waals surface area contributed by atoms with Crippen molar-refractivity contribution in [1.29, 1.82) is 0 Å². The van der Waals surface area contributed by atoms with E-state index in [0.717, 1.165) is 11.1 Å². The van der Waals surface area contributed by atoms with E-state index in [1.165, 1.54) is 6.20 Å². The molecule has 0 N–H and O–H groups in total. The van der Waals surface area contributed by atoms with Gasteiger partial charge in [-0.3, -0.25) is 4.79 Å². The summed E-state index contributed by atoms with van der Waals surface area (Å²) in [6, 6.07) is 13.2. The lowest BCUT2D eigenvalue weighted by Gasteiger charge is -1.97. The molecule has 0 amide bonds. The molecule has 0 spiro atoms. The summed E-state index contributed by atoms with van der Waals surface area (Å²) in [7, 11) is 0. The second-order valence-electron chi connectivity index (χ2n) is 4.36. The molecule has 2 rings (SSSR count). The quantitative estimate of drug-likeness (QED) is 0.356. The fourth-order valence-electron chi connectivity index (χ4n) is 1.72. The van der Waals surface area contributed by atoms with E-state index in [1.807, 2.05) is 43.3 Å². The molecule has 100 valence electrons. The monoisotopic (exact) mass is 283 g/mol. The van der Waals surface area contributed by atoms with E-state index in [4.69, 9.17) is 11.6 Å². The Kier molecular flexibility index (Phi) is 4.85. The van der Waals surface area contributed by atoms with Crippen molar-refractivity contribution in [3.8, 4) is 0 Å². The number of hydrogen-bond donors (Lipinski definition) is 0. The Balaban J connectivity index is 2.09. The molecule has 0 atom stereocenters. The van der Waals surface area contributed by atoms with Crippen molar-refractivity contribution < 1.29 is 4.79 Å². The first-order chi connectivity index (χ1) is 9.65. The zero-order valence-corrected chi connectivity index (χ0v) is 11.8. The fraction of sp³-hybridized carbons (Fsp3) is 0.0588. The predicted octanol–water partition coefficient (Wildman–Crippen LogP) is 4.58. The average molecular weight is 284 g/mol. The highest BCUT2D eigenvalue weighted by Crippen LogP contribution is 2.10. The van der Waals surface area contributed by atoms with Gasteiger partial charge in [-0.15, -0.1) is 0 Å². The zero-order valence-electron chi connectivity index (χ0n) is 11.1. The van der Waals surface area contributed by atoms with Gasteiger partial charge in [0.2, 0.25) is 0 Å². The number of halogens is 1. The molecular weight excluding hydrogens is 270 g/mol. The van der Waals surface area contributed by atoms with Crippen LogP contribution in [0.15, 0.2) is 66.4 Å². The van der Waals surface area contributed by atoms with Gasteiger partial charge < -0.3 is 0 Å². The largest absolute Gasteiger partial charge is 0.289 e. The normalized spacial score (nSPS) is 11.8.